The van der Waals surface area contributed by atoms with E-state index in [9.17, 15) is 4.79 Å². The summed E-state index contributed by atoms with van der Waals surface area (Å²) in [5.74, 6) is 2.75. The summed E-state index contributed by atoms with van der Waals surface area (Å²) < 4.78 is 5.35. The zero-order chi connectivity index (χ0) is 11.4. The molecule has 2 aliphatic rings. The molecule has 0 bridgehead atoms. The van der Waals surface area contributed by atoms with E-state index in [2.05, 4.69) is 10.8 Å². The molecule has 1 aliphatic carbocycles. The summed E-state index contributed by atoms with van der Waals surface area (Å²) >= 11 is 0. The van der Waals surface area contributed by atoms with Crippen LogP contribution in [0, 0.1) is 12.3 Å². The van der Waals surface area contributed by atoms with Crippen molar-refractivity contribution in [3.05, 3.63) is 0 Å². The molecule has 2 rings (SSSR count). The predicted molar refractivity (Wildman–Crippen MR) is 62.0 cm³/mol. The van der Waals surface area contributed by atoms with Gasteiger partial charge in [-0.3, -0.25) is 9.69 Å². The molecule has 1 heterocycles. The Labute approximate surface area is 97.1 Å². The number of Topliss-reactive ketones (excluding diaryl/α,β-unsaturated/α-hetero) is 1. The zero-order valence-electron chi connectivity index (χ0n) is 9.71. The van der Waals surface area contributed by atoms with Crippen LogP contribution in [-0.4, -0.2) is 42.5 Å². The van der Waals surface area contributed by atoms with Gasteiger partial charge in [-0.25, -0.2) is 0 Å². The molecule has 0 amide bonds. The highest BCUT2D eigenvalue weighted by Gasteiger charge is 2.45. The number of rotatable bonds is 3. The maximum Gasteiger partial charge on any atom is 0.164 e. The quantitative estimate of drug-likeness (QED) is 0.671. The molecule has 0 N–H and O–H groups in total. The summed E-state index contributed by atoms with van der Waals surface area (Å²) in [7, 11) is 0. The van der Waals surface area contributed by atoms with Gasteiger partial charge in [0.05, 0.1) is 25.2 Å². The lowest BCUT2D eigenvalue weighted by Crippen LogP contribution is -2.56. The summed E-state index contributed by atoms with van der Waals surface area (Å²) in [4.78, 5) is 14.6. The minimum absolute atomic E-state index is 0.245. The largest absolute Gasteiger partial charge is 0.379 e. The van der Waals surface area contributed by atoms with Gasteiger partial charge in [0.1, 0.15) is 0 Å². The van der Waals surface area contributed by atoms with Crippen molar-refractivity contribution in [2.45, 2.75) is 37.6 Å². The van der Waals surface area contributed by atoms with Crippen LogP contribution in [0.3, 0.4) is 0 Å². The van der Waals surface area contributed by atoms with Crippen LogP contribution >= 0.6 is 0 Å². The molecule has 0 radical (unpaired) electrons. The van der Waals surface area contributed by atoms with Gasteiger partial charge in [-0.05, 0) is 12.8 Å². The summed E-state index contributed by atoms with van der Waals surface area (Å²) in [5, 5.41) is 0. The second-order valence-corrected chi connectivity index (χ2v) is 4.64. The van der Waals surface area contributed by atoms with Gasteiger partial charge in [0, 0.05) is 13.1 Å². The van der Waals surface area contributed by atoms with Crippen LogP contribution in [0.2, 0.25) is 0 Å². The number of hydrogen-bond acceptors (Lipinski definition) is 3. The molecule has 0 unspecified atom stereocenters. The van der Waals surface area contributed by atoms with E-state index in [0.717, 1.165) is 52.0 Å². The molecule has 1 saturated carbocycles. The van der Waals surface area contributed by atoms with Gasteiger partial charge in [-0.15, -0.1) is 6.42 Å². The van der Waals surface area contributed by atoms with Crippen molar-refractivity contribution in [3.8, 4) is 12.3 Å². The molecule has 0 aromatic heterocycles. The van der Waals surface area contributed by atoms with Crippen molar-refractivity contribution < 1.29 is 9.53 Å². The Balaban J connectivity index is 2.14. The van der Waals surface area contributed by atoms with Crippen LogP contribution in [0.4, 0.5) is 0 Å². The van der Waals surface area contributed by atoms with Gasteiger partial charge in [0.25, 0.3) is 0 Å². The van der Waals surface area contributed by atoms with Crippen LogP contribution in [0.1, 0.15) is 32.1 Å². The van der Waals surface area contributed by atoms with Crippen molar-refractivity contribution in [1.82, 2.24) is 4.90 Å². The Hall–Kier alpha value is -0.850. The topological polar surface area (TPSA) is 29.5 Å². The van der Waals surface area contributed by atoms with Gasteiger partial charge in [-0.2, -0.15) is 0 Å². The molecule has 0 aromatic carbocycles. The number of carbonyl (C=O) groups excluding carboxylic acids is 1. The highest BCUT2D eigenvalue weighted by Crippen LogP contribution is 2.37. The Morgan fingerprint density at radius 2 is 1.94 bits per heavy atom. The lowest BCUT2D eigenvalue weighted by molar-refractivity contribution is -0.133. The average Bonchev–Trinajstić information content (AvgIpc) is 2.81. The minimum Gasteiger partial charge on any atom is -0.379 e. The summed E-state index contributed by atoms with van der Waals surface area (Å²) in [5.41, 5.74) is -0.254. The summed E-state index contributed by atoms with van der Waals surface area (Å²) in [6.45, 7) is 3.22. The molecule has 3 heteroatoms. The highest BCUT2D eigenvalue weighted by molar-refractivity contribution is 5.90. The average molecular weight is 221 g/mol. The Morgan fingerprint density at radius 1 is 1.31 bits per heavy atom. The monoisotopic (exact) mass is 221 g/mol. The van der Waals surface area contributed by atoms with Gasteiger partial charge in [-0.1, -0.05) is 18.8 Å². The SMILES string of the molecule is C#CCC(=O)C1(N2CCOCC2)CCCC1. The van der Waals surface area contributed by atoms with Crippen molar-refractivity contribution in [1.29, 1.82) is 0 Å². The second-order valence-electron chi connectivity index (χ2n) is 4.64. The molecule has 1 aliphatic heterocycles. The van der Waals surface area contributed by atoms with Crippen LogP contribution in [0.25, 0.3) is 0 Å². The maximum absolute atomic E-state index is 12.2. The normalized spacial score (nSPS) is 25.2. The third kappa shape index (κ3) is 2.00. The fraction of sp³-hybridized carbons (Fsp3) is 0.769. The first-order valence-corrected chi connectivity index (χ1v) is 6.09. The zero-order valence-corrected chi connectivity index (χ0v) is 9.71. The van der Waals surface area contributed by atoms with Crippen LogP contribution < -0.4 is 0 Å². The summed E-state index contributed by atoms with van der Waals surface area (Å²) in [6.07, 6.45) is 9.80. The van der Waals surface area contributed by atoms with Crippen molar-refractivity contribution in [2.75, 3.05) is 26.3 Å². The van der Waals surface area contributed by atoms with E-state index >= 15 is 0 Å². The van der Waals surface area contributed by atoms with E-state index in [1.54, 1.807) is 0 Å². The number of nitrogens with zero attached hydrogens (tertiary/aromatic N) is 1. The molecule has 0 spiro atoms. The summed E-state index contributed by atoms with van der Waals surface area (Å²) in [6, 6.07) is 0. The van der Waals surface area contributed by atoms with E-state index in [1.165, 1.54) is 0 Å². The molecule has 2 fully saturated rings. The maximum atomic E-state index is 12.2. The third-order valence-electron chi connectivity index (χ3n) is 3.83. The number of terminal acetylenes is 1. The molecule has 1 saturated heterocycles. The van der Waals surface area contributed by atoms with Crippen LogP contribution in [0.5, 0.6) is 0 Å². The molecular formula is C13H19NO2. The molecular weight excluding hydrogens is 202 g/mol. The van der Waals surface area contributed by atoms with Crippen molar-refractivity contribution in [2.24, 2.45) is 0 Å². The van der Waals surface area contributed by atoms with E-state index in [-0.39, 0.29) is 17.7 Å². The molecule has 3 nitrogen and oxygen atoms in total. The fourth-order valence-corrected chi connectivity index (χ4v) is 2.98. The molecule has 0 aromatic rings. The minimum atomic E-state index is -0.254. The van der Waals surface area contributed by atoms with Gasteiger partial charge < -0.3 is 4.74 Å². The number of ether oxygens (including phenoxy) is 1. The van der Waals surface area contributed by atoms with E-state index in [1.807, 2.05) is 0 Å². The Morgan fingerprint density at radius 3 is 2.50 bits per heavy atom. The van der Waals surface area contributed by atoms with Gasteiger partial charge in [0.15, 0.2) is 5.78 Å². The van der Waals surface area contributed by atoms with Gasteiger partial charge >= 0.3 is 0 Å². The van der Waals surface area contributed by atoms with E-state index < -0.39 is 0 Å². The first-order valence-electron chi connectivity index (χ1n) is 6.09. The molecule has 16 heavy (non-hydrogen) atoms. The molecule has 0 atom stereocenters. The first kappa shape index (κ1) is 11.6. The van der Waals surface area contributed by atoms with Crippen molar-refractivity contribution >= 4 is 5.78 Å². The third-order valence-corrected chi connectivity index (χ3v) is 3.83. The first-order chi connectivity index (χ1) is 7.79. The predicted octanol–water partition coefficient (Wildman–Crippen LogP) is 1.22. The van der Waals surface area contributed by atoms with Crippen LogP contribution in [0.15, 0.2) is 0 Å². The standard InChI is InChI=1S/C13H19NO2/c1-2-5-12(15)13(6-3-4-7-13)14-8-10-16-11-9-14/h1H,3-11H2. The number of morpholine rings is 1. The number of ketones is 1. The second kappa shape index (κ2) is 4.99. The van der Waals surface area contributed by atoms with E-state index in [4.69, 9.17) is 11.2 Å². The Kier molecular flexibility index (Phi) is 3.63. The number of carbonyl (C=O) groups is 1. The lowest BCUT2D eigenvalue weighted by Gasteiger charge is -2.41. The lowest BCUT2D eigenvalue weighted by atomic mass is 9.87. The van der Waals surface area contributed by atoms with E-state index in [0.29, 0.717) is 0 Å². The smallest absolute Gasteiger partial charge is 0.164 e. The molecule has 88 valence electrons. The fourth-order valence-electron chi connectivity index (χ4n) is 2.98. The van der Waals surface area contributed by atoms with Gasteiger partial charge in [0.2, 0.25) is 0 Å². The Bertz CT molecular complexity index is 294. The van der Waals surface area contributed by atoms with Crippen LogP contribution in [-0.2, 0) is 9.53 Å². The number of hydrogen-bond donors (Lipinski definition) is 0. The highest BCUT2D eigenvalue weighted by atomic mass is 16.5. The van der Waals surface area contributed by atoms with Crippen molar-refractivity contribution in [3.63, 3.8) is 0 Å².